The van der Waals surface area contributed by atoms with Gasteiger partial charge in [-0.3, -0.25) is 0 Å². The summed E-state index contributed by atoms with van der Waals surface area (Å²) >= 11 is 5.63. The number of alkyl halides is 1. The molecule has 96 valence electrons. The monoisotopic (exact) mass is 262 g/mol. The van der Waals surface area contributed by atoms with E-state index in [0.717, 1.165) is 30.3 Å². The number of halogens is 1. The van der Waals surface area contributed by atoms with E-state index in [2.05, 4.69) is 30.9 Å². The van der Waals surface area contributed by atoms with E-state index in [0.29, 0.717) is 5.88 Å². The summed E-state index contributed by atoms with van der Waals surface area (Å²) in [5.41, 5.74) is 2.20. The lowest BCUT2D eigenvalue weighted by Gasteiger charge is -2.25. The van der Waals surface area contributed by atoms with Crippen LogP contribution in [0.25, 0.3) is 0 Å². The average molecular weight is 263 g/mol. The van der Waals surface area contributed by atoms with Crippen LogP contribution in [-0.2, 0) is 0 Å². The van der Waals surface area contributed by atoms with Gasteiger partial charge in [-0.25, -0.2) is 0 Å². The summed E-state index contributed by atoms with van der Waals surface area (Å²) < 4.78 is 5.89. The van der Waals surface area contributed by atoms with Crippen LogP contribution in [0.4, 0.5) is 0 Å². The first kappa shape index (κ1) is 13.3. The molecule has 2 rings (SSSR count). The van der Waals surface area contributed by atoms with Crippen LogP contribution in [0.3, 0.4) is 0 Å². The van der Waals surface area contributed by atoms with Gasteiger partial charge >= 0.3 is 0 Å². The molecule has 0 aromatic heterocycles. The Morgan fingerprint density at radius 2 is 2.22 bits per heavy atom. The van der Waals surface area contributed by atoms with Crippen molar-refractivity contribution in [2.45, 2.75) is 32.6 Å². The summed E-state index contributed by atoms with van der Waals surface area (Å²) in [6.07, 6.45) is 4.68. The van der Waals surface area contributed by atoms with Gasteiger partial charge in [0.2, 0.25) is 0 Å². The molecule has 18 heavy (non-hydrogen) atoms. The topological polar surface area (TPSA) is 9.23 Å². The molecule has 0 radical (unpaired) electrons. The van der Waals surface area contributed by atoms with E-state index in [-0.39, 0.29) is 0 Å². The first-order valence-electron chi connectivity index (χ1n) is 6.58. The second kappa shape index (κ2) is 6.71. The fourth-order valence-electron chi connectivity index (χ4n) is 1.94. The van der Waals surface area contributed by atoms with Gasteiger partial charge in [-0.15, -0.1) is 11.6 Å². The van der Waals surface area contributed by atoms with Gasteiger partial charge < -0.3 is 4.74 Å². The lowest BCUT2D eigenvalue weighted by Crippen LogP contribution is -2.19. The molecule has 0 unspecified atom stereocenters. The smallest absolute Gasteiger partial charge is 0.134 e. The van der Waals surface area contributed by atoms with Crippen LogP contribution in [0.1, 0.15) is 36.8 Å². The van der Waals surface area contributed by atoms with Gasteiger partial charge in [-0.1, -0.05) is 24.3 Å². The van der Waals surface area contributed by atoms with Crippen LogP contribution in [0.15, 0.2) is 18.2 Å². The van der Waals surface area contributed by atoms with Crippen LogP contribution in [0, 0.1) is 24.7 Å². The molecule has 0 spiro atoms. The Morgan fingerprint density at radius 3 is 2.89 bits per heavy atom. The van der Waals surface area contributed by atoms with Crippen molar-refractivity contribution in [2.24, 2.45) is 5.92 Å². The first-order chi connectivity index (χ1) is 8.79. The molecule has 1 fully saturated rings. The molecule has 0 bridgehead atoms. The SMILES string of the molecule is Cc1ccc(OCC2CCC2)c(C#CCCCl)c1. The van der Waals surface area contributed by atoms with Gasteiger partial charge in [0.1, 0.15) is 5.75 Å². The van der Waals surface area contributed by atoms with Crippen molar-refractivity contribution in [2.75, 3.05) is 12.5 Å². The van der Waals surface area contributed by atoms with E-state index in [1.165, 1.54) is 24.8 Å². The Kier molecular flexibility index (Phi) is 4.96. The Hall–Kier alpha value is -1.13. The lowest BCUT2D eigenvalue weighted by molar-refractivity contribution is 0.180. The summed E-state index contributed by atoms with van der Waals surface area (Å²) in [7, 11) is 0. The number of ether oxygens (including phenoxy) is 1. The predicted molar refractivity (Wildman–Crippen MR) is 76.2 cm³/mol. The second-order valence-electron chi connectivity index (χ2n) is 4.85. The normalized spacial score (nSPS) is 14.6. The summed E-state index contributed by atoms with van der Waals surface area (Å²) in [6.45, 7) is 2.90. The van der Waals surface area contributed by atoms with E-state index in [4.69, 9.17) is 16.3 Å². The molecule has 0 aliphatic heterocycles. The number of rotatable bonds is 4. The average Bonchev–Trinajstić information content (AvgIpc) is 2.30. The lowest BCUT2D eigenvalue weighted by atomic mass is 9.86. The maximum Gasteiger partial charge on any atom is 0.134 e. The largest absolute Gasteiger partial charge is 0.492 e. The first-order valence-corrected chi connectivity index (χ1v) is 7.11. The number of hydrogen-bond donors (Lipinski definition) is 0. The molecule has 1 aromatic rings. The molecule has 0 N–H and O–H groups in total. The molecule has 0 amide bonds. The van der Waals surface area contributed by atoms with Crippen molar-refractivity contribution in [3.63, 3.8) is 0 Å². The summed E-state index contributed by atoms with van der Waals surface area (Å²) in [6, 6.07) is 6.18. The minimum Gasteiger partial charge on any atom is -0.492 e. The van der Waals surface area contributed by atoms with E-state index in [1.807, 2.05) is 6.07 Å². The Bertz CT molecular complexity index is 452. The molecule has 0 atom stereocenters. The quantitative estimate of drug-likeness (QED) is 0.585. The van der Waals surface area contributed by atoms with Crippen molar-refractivity contribution in [3.05, 3.63) is 29.3 Å². The molecular formula is C16H19ClO. The molecule has 0 saturated heterocycles. The third-order valence-electron chi connectivity index (χ3n) is 3.28. The van der Waals surface area contributed by atoms with E-state index in [1.54, 1.807) is 0 Å². The van der Waals surface area contributed by atoms with Crippen LogP contribution < -0.4 is 4.74 Å². The van der Waals surface area contributed by atoms with Crippen LogP contribution in [0.5, 0.6) is 5.75 Å². The van der Waals surface area contributed by atoms with Gasteiger partial charge in [-0.2, -0.15) is 0 Å². The zero-order valence-corrected chi connectivity index (χ0v) is 11.6. The van der Waals surface area contributed by atoms with Crippen molar-refractivity contribution in [1.82, 2.24) is 0 Å². The summed E-state index contributed by atoms with van der Waals surface area (Å²) in [5.74, 6) is 8.47. The number of benzene rings is 1. The van der Waals surface area contributed by atoms with E-state index < -0.39 is 0 Å². The summed E-state index contributed by atoms with van der Waals surface area (Å²) in [5, 5.41) is 0. The van der Waals surface area contributed by atoms with Crippen molar-refractivity contribution < 1.29 is 4.74 Å². The van der Waals surface area contributed by atoms with Gasteiger partial charge in [0.25, 0.3) is 0 Å². The van der Waals surface area contributed by atoms with E-state index in [9.17, 15) is 0 Å². The maximum absolute atomic E-state index is 5.89. The van der Waals surface area contributed by atoms with Gasteiger partial charge in [0.05, 0.1) is 12.2 Å². The van der Waals surface area contributed by atoms with Gasteiger partial charge in [-0.05, 0) is 43.4 Å². The van der Waals surface area contributed by atoms with E-state index >= 15 is 0 Å². The zero-order chi connectivity index (χ0) is 12.8. The highest BCUT2D eigenvalue weighted by Crippen LogP contribution is 2.28. The van der Waals surface area contributed by atoms with Crippen molar-refractivity contribution in [1.29, 1.82) is 0 Å². The minimum absolute atomic E-state index is 0.580. The van der Waals surface area contributed by atoms with Crippen molar-refractivity contribution >= 4 is 11.6 Å². The van der Waals surface area contributed by atoms with Crippen molar-refractivity contribution in [3.8, 4) is 17.6 Å². The predicted octanol–water partition coefficient (Wildman–Crippen LogP) is 4.15. The third-order valence-corrected chi connectivity index (χ3v) is 3.47. The number of hydrogen-bond acceptors (Lipinski definition) is 1. The molecule has 1 aliphatic rings. The Balaban J connectivity index is 2.04. The highest BCUT2D eigenvalue weighted by atomic mass is 35.5. The highest BCUT2D eigenvalue weighted by molar-refractivity contribution is 6.18. The van der Waals surface area contributed by atoms with Gasteiger partial charge in [0, 0.05) is 12.3 Å². The fraction of sp³-hybridized carbons (Fsp3) is 0.500. The molecule has 1 nitrogen and oxygen atoms in total. The Labute approximate surface area is 114 Å². The molecule has 1 aliphatic carbocycles. The van der Waals surface area contributed by atoms with Crippen LogP contribution in [-0.4, -0.2) is 12.5 Å². The molecule has 2 heteroatoms. The molecule has 1 saturated carbocycles. The third kappa shape index (κ3) is 3.68. The molecule has 1 aromatic carbocycles. The molecular weight excluding hydrogens is 244 g/mol. The number of aryl methyl sites for hydroxylation is 1. The Morgan fingerprint density at radius 1 is 1.39 bits per heavy atom. The fourth-order valence-corrected chi connectivity index (χ4v) is 2.03. The standard InChI is InChI=1S/C16H19ClO/c1-13-8-9-16(18-12-14-5-4-6-14)15(11-13)7-2-3-10-17/h8-9,11,14H,3-6,10,12H2,1H3. The van der Waals surface area contributed by atoms with Crippen LogP contribution >= 0.6 is 11.6 Å². The second-order valence-corrected chi connectivity index (χ2v) is 5.23. The summed E-state index contributed by atoms with van der Waals surface area (Å²) in [4.78, 5) is 0. The molecule has 0 heterocycles. The van der Waals surface area contributed by atoms with Crippen LogP contribution in [0.2, 0.25) is 0 Å². The van der Waals surface area contributed by atoms with Gasteiger partial charge in [0.15, 0.2) is 0 Å². The highest BCUT2D eigenvalue weighted by Gasteiger charge is 2.18. The minimum atomic E-state index is 0.580. The zero-order valence-electron chi connectivity index (χ0n) is 10.8. The maximum atomic E-state index is 5.89.